The quantitative estimate of drug-likeness (QED) is 0.221. The summed E-state index contributed by atoms with van der Waals surface area (Å²) in [7, 11) is -2.69. The van der Waals surface area contributed by atoms with Gasteiger partial charge in [0.05, 0.1) is 0 Å². The van der Waals surface area contributed by atoms with Crippen LogP contribution in [0.3, 0.4) is 0 Å². The summed E-state index contributed by atoms with van der Waals surface area (Å²) in [6.45, 7) is 8.63. The molecule has 0 bridgehead atoms. The molecule has 0 spiro atoms. The van der Waals surface area contributed by atoms with E-state index in [1.807, 2.05) is 62.4 Å². The first-order valence-corrected chi connectivity index (χ1v) is 18.1. The standard InChI is InChI=1S/C26H30AsIN2O6S/c1-16-7-9-18(10-8-16)37(33,34)30-22(28)13-20-21(12-11-19(23(20)30)24(31)35-6)27(5)17-14-29(15-17)25(32)36-26(2,3)4/h7-13,17H,14-15H2,1-6H3. The molecule has 1 amide bonds. The van der Waals surface area contributed by atoms with E-state index in [1.165, 1.54) is 11.1 Å². The van der Waals surface area contributed by atoms with Gasteiger partial charge in [-0.2, -0.15) is 0 Å². The van der Waals surface area contributed by atoms with Crippen molar-refractivity contribution in [1.82, 2.24) is 8.87 Å². The van der Waals surface area contributed by atoms with Crippen molar-refractivity contribution in [3.63, 3.8) is 0 Å². The number of aromatic nitrogens is 1. The van der Waals surface area contributed by atoms with Crippen LogP contribution in [0.25, 0.3) is 10.9 Å². The van der Waals surface area contributed by atoms with Gasteiger partial charge >= 0.3 is 237 Å². The van der Waals surface area contributed by atoms with Crippen molar-refractivity contribution < 1.29 is 27.5 Å². The Morgan fingerprint density at radius 2 is 1.70 bits per heavy atom. The van der Waals surface area contributed by atoms with Gasteiger partial charge in [0.2, 0.25) is 0 Å². The molecule has 2 aromatic carbocycles. The first-order chi connectivity index (χ1) is 17.2. The Morgan fingerprint density at radius 1 is 1.08 bits per heavy atom. The average Bonchev–Trinajstić information content (AvgIpc) is 3.13. The van der Waals surface area contributed by atoms with Crippen molar-refractivity contribution in [2.45, 2.75) is 48.6 Å². The minimum atomic E-state index is -3.98. The summed E-state index contributed by atoms with van der Waals surface area (Å²) in [5, 5.41) is 0.737. The molecule has 1 aliphatic heterocycles. The molecule has 4 rings (SSSR count). The van der Waals surface area contributed by atoms with Crippen LogP contribution < -0.4 is 4.35 Å². The summed E-state index contributed by atoms with van der Waals surface area (Å²) < 4.78 is 41.1. The van der Waals surface area contributed by atoms with Gasteiger partial charge in [0.15, 0.2) is 0 Å². The van der Waals surface area contributed by atoms with Gasteiger partial charge in [-0.25, -0.2) is 0 Å². The zero-order chi connectivity index (χ0) is 27.3. The van der Waals surface area contributed by atoms with Gasteiger partial charge in [-0.15, -0.1) is 0 Å². The molecule has 11 heteroatoms. The summed E-state index contributed by atoms with van der Waals surface area (Å²) in [6, 6.07) is 12.1. The van der Waals surface area contributed by atoms with E-state index >= 15 is 0 Å². The summed E-state index contributed by atoms with van der Waals surface area (Å²) in [4.78, 5) is 27.0. The number of benzene rings is 2. The van der Waals surface area contributed by atoms with Crippen LogP contribution in [-0.4, -0.2) is 69.8 Å². The third-order valence-electron chi connectivity index (χ3n) is 6.26. The fourth-order valence-corrected chi connectivity index (χ4v) is 11.5. The zero-order valence-electron chi connectivity index (χ0n) is 21.6. The van der Waals surface area contributed by atoms with Crippen molar-refractivity contribution in [2.75, 3.05) is 20.2 Å². The van der Waals surface area contributed by atoms with Crippen LogP contribution in [-0.2, 0) is 19.5 Å². The molecule has 3 aromatic rings. The molecule has 1 atom stereocenters. The van der Waals surface area contributed by atoms with Crippen LogP contribution in [0.4, 0.5) is 4.79 Å². The predicted molar refractivity (Wildman–Crippen MR) is 153 cm³/mol. The average molecular weight is 700 g/mol. The third kappa shape index (κ3) is 5.42. The van der Waals surface area contributed by atoms with Crippen molar-refractivity contribution in [3.8, 4) is 0 Å². The van der Waals surface area contributed by atoms with Gasteiger partial charge < -0.3 is 0 Å². The van der Waals surface area contributed by atoms with E-state index in [1.54, 1.807) is 35.2 Å². The SMILES string of the molecule is COC(=O)c1ccc([As](C)C2CN(C(=O)OC(C)(C)C)C2)c2cc(I)n(S(=O)(=O)c3ccc(C)cc3)c12. The number of fused-ring (bicyclic) bond motifs is 1. The van der Waals surface area contributed by atoms with Gasteiger partial charge in [-0.3, -0.25) is 0 Å². The number of carbonyl (C=O) groups is 2. The number of aryl methyl sites for hydroxylation is 1. The number of rotatable bonds is 5. The number of hydrogen-bond acceptors (Lipinski definition) is 6. The van der Waals surface area contributed by atoms with E-state index in [0.29, 0.717) is 27.0 Å². The number of hydrogen-bond donors (Lipinski definition) is 0. The van der Waals surface area contributed by atoms with Crippen LogP contribution in [0.2, 0.25) is 10.4 Å². The summed E-state index contributed by atoms with van der Waals surface area (Å²) in [5.74, 6) is -0.596. The topological polar surface area (TPSA) is 94.9 Å². The second kappa shape index (κ2) is 10.3. The molecule has 198 valence electrons. The molecule has 0 N–H and O–H groups in total. The Kier molecular flexibility index (Phi) is 7.76. The van der Waals surface area contributed by atoms with E-state index in [2.05, 4.69) is 5.71 Å². The van der Waals surface area contributed by atoms with E-state index in [9.17, 15) is 18.0 Å². The Morgan fingerprint density at radius 3 is 2.27 bits per heavy atom. The number of esters is 1. The summed E-state index contributed by atoms with van der Waals surface area (Å²) in [5.41, 5.74) is 3.13. The van der Waals surface area contributed by atoms with Crippen molar-refractivity contribution in [1.29, 1.82) is 0 Å². The van der Waals surface area contributed by atoms with Crippen LogP contribution in [0, 0.1) is 10.6 Å². The molecular formula is C26H30AsIN2O6S. The Balaban J connectivity index is 1.77. The summed E-state index contributed by atoms with van der Waals surface area (Å²) in [6.07, 6.45) is -0.317. The van der Waals surface area contributed by atoms with Gasteiger partial charge in [0.25, 0.3) is 0 Å². The molecule has 0 radical (unpaired) electrons. The monoisotopic (exact) mass is 700 g/mol. The van der Waals surface area contributed by atoms with Crippen LogP contribution in [0.15, 0.2) is 47.4 Å². The molecule has 1 saturated heterocycles. The number of carbonyl (C=O) groups excluding carboxylic acids is 2. The Bertz CT molecular complexity index is 1470. The normalized spacial score (nSPS) is 15.4. The van der Waals surface area contributed by atoms with Crippen LogP contribution >= 0.6 is 22.6 Å². The zero-order valence-corrected chi connectivity index (χ0v) is 26.5. The maximum atomic E-state index is 13.8. The second-order valence-corrected chi connectivity index (χ2v) is 18.1. The molecule has 1 aliphatic rings. The maximum absolute atomic E-state index is 13.8. The molecule has 8 nitrogen and oxygen atoms in total. The van der Waals surface area contributed by atoms with Crippen molar-refractivity contribution in [3.05, 3.63) is 57.3 Å². The number of nitrogens with zero attached hydrogens (tertiary/aromatic N) is 2. The van der Waals surface area contributed by atoms with Crippen LogP contribution in [0.5, 0.6) is 0 Å². The van der Waals surface area contributed by atoms with Gasteiger partial charge in [-0.05, 0) is 0 Å². The molecule has 1 fully saturated rings. The fourth-order valence-electron chi connectivity index (χ4n) is 4.25. The number of amides is 1. The van der Waals surface area contributed by atoms with E-state index in [0.717, 1.165) is 15.3 Å². The number of ether oxygens (including phenoxy) is 2. The minimum absolute atomic E-state index is 0.146. The summed E-state index contributed by atoms with van der Waals surface area (Å²) >= 11 is 0.258. The molecule has 0 aliphatic carbocycles. The van der Waals surface area contributed by atoms with Gasteiger partial charge in [-0.1, -0.05) is 0 Å². The Labute approximate surface area is 235 Å². The molecule has 1 unspecified atom stereocenters. The number of halogens is 1. The fraction of sp³-hybridized carbons (Fsp3) is 0.385. The predicted octanol–water partition coefficient (Wildman–Crippen LogP) is 4.53. The molecule has 1 aromatic heterocycles. The molecule has 0 saturated carbocycles. The van der Waals surface area contributed by atoms with Crippen molar-refractivity contribution in [2.24, 2.45) is 0 Å². The van der Waals surface area contributed by atoms with E-state index < -0.39 is 36.2 Å². The van der Waals surface area contributed by atoms with Gasteiger partial charge in [0, 0.05) is 0 Å². The number of likely N-dealkylation sites (tertiary alicyclic amines) is 1. The molecule has 2 heterocycles. The number of methoxy groups -OCH3 is 1. The van der Waals surface area contributed by atoms with Crippen LogP contribution in [0.1, 0.15) is 36.7 Å². The van der Waals surface area contributed by atoms with Crippen molar-refractivity contribution >= 4 is 74.6 Å². The van der Waals surface area contributed by atoms with E-state index in [-0.39, 0.29) is 16.6 Å². The van der Waals surface area contributed by atoms with E-state index in [4.69, 9.17) is 9.47 Å². The second-order valence-electron chi connectivity index (χ2n) is 10.1. The first kappa shape index (κ1) is 28.0. The molecular weight excluding hydrogens is 670 g/mol. The first-order valence-electron chi connectivity index (χ1n) is 11.7. The molecule has 37 heavy (non-hydrogen) atoms. The third-order valence-corrected chi connectivity index (χ3v) is 14.5. The van der Waals surface area contributed by atoms with Gasteiger partial charge in [0.1, 0.15) is 0 Å². The Hall–Kier alpha value is -2.04.